The van der Waals surface area contributed by atoms with Gasteiger partial charge in [0.05, 0.1) is 6.54 Å². The minimum Gasteiger partial charge on any atom is -0.357 e. The number of hydrogen-bond acceptors (Lipinski definition) is 3. The lowest BCUT2D eigenvalue weighted by atomic mass is 10.1. The average Bonchev–Trinajstić information content (AvgIpc) is 3.01. The molecule has 0 aliphatic heterocycles. The first-order valence-corrected chi connectivity index (χ1v) is 9.32. The average molecular weight is 486 g/mol. The van der Waals surface area contributed by atoms with E-state index >= 15 is 0 Å². The van der Waals surface area contributed by atoms with Crippen molar-refractivity contribution in [3.05, 3.63) is 57.3 Å². The van der Waals surface area contributed by atoms with Crippen LogP contribution in [0.25, 0.3) is 0 Å². The van der Waals surface area contributed by atoms with Crippen LogP contribution >= 0.6 is 35.3 Å². The Morgan fingerprint density at radius 3 is 2.50 bits per heavy atom. The molecule has 1 heterocycles. The van der Waals surface area contributed by atoms with Gasteiger partial charge in [0, 0.05) is 35.0 Å². The van der Waals surface area contributed by atoms with Crippen molar-refractivity contribution < 1.29 is 4.79 Å². The van der Waals surface area contributed by atoms with Crippen LogP contribution in [-0.4, -0.2) is 31.5 Å². The Morgan fingerprint density at radius 1 is 1.08 bits per heavy atom. The summed E-state index contributed by atoms with van der Waals surface area (Å²) in [4.78, 5) is 19.2. The molecule has 0 saturated heterocycles. The summed E-state index contributed by atoms with van der Waals surface area (Å²) in [5.41, 5.74) is 1.77. The molecule has 0 radical (unpaired) electrons. The summed E-state index contributed by atoms with van der Waals surface area (Å²) < 4.78 is 0. The largest absolute Gasteiger partial charge is 0.357 e. The van der Waals surface area contributed by atoms with E-state index in [0.717, 1.165) is 18.1 Å². The number of aryl methyl sites for hydroxylation is 2. The minimum atomic E-state index is -0.0542. The standard InChI is InChI=1S/C19H26N4OS.HI/c1-4-20-19(23-13-17-9-8-15(3)25-17)22-11-10-21-18(24)16-7-5-6-14(2)12-16;/h5-9,12H,4,10-11,13H2,1-3H3,(H,21,24)(H2,20,22,23);1H. The van der Waals surface area contributed by atoms with Crippen LogP contribution in [0.3, 0.4) is 0 Å². The fourth-order valence-corrected chi connectivity index (χ4v) is 3.13. The van der Waals surface area contributed by atoms with Gasteiger partial charge >= 0.3 is 0 Å². The highest BCUT2D eigenvalue weighted by molar-refractivity contribution is 14.0. The summed E-state index contributed by atoms with van der Waals surface area (Å²) in [5, 5.41) is 9.38. The van der Waals surface area contributed by atoms with E-state index in [1.54, 1.807) is 11.3 Å². The summed E-state index contributed by atoms with van der Waals surface area (Å²) >= 11 is 1.76. The van der Waals surface area contributed by atoms with Crippen LogP contribution in [0.1, 0.15) is 32.6 Å². The highest BCUT2D eigenvalue weighted by Gasteiger charge is 2.05. The van der Waals surface area contributed by atoms with Crippen LogP contribution in [0.15, 0.2) is 41.4 Å². The Bertz CT molecular complexity index is 730. The van der Waals surface area contributed by atoms with Crippen LogP contribution < -0.4 is 16.0 Å². The molecular weight excluding hydrogens is 459 g/mol. The molecule has 142 valence electrons. The number of nitrogens with one attached hydrogen (secondary N) is 3. The first kappa shape index (κ1) is 22.4. The molecule has 1 aromatic heterocycles. The van der Waals surface area contributed by atoms with Crippen molar-refractivity contribution in [1.82, 2.24) is 16.0 Å². The first-order valence-electron chi connectivity index (χ1n) is 8.51. The minimum absolute atomic E-state index is 0. The number of thiophene rings is 1. The van der Waals surface area contributed by atoms with Gasteiger partial charge in [-0.25, -0.2) is 4.99 Å². The molecular formula is C19H27IN4OS. The molecule has 1 aromatic carbocycles. The summed E-state index contributed by atoms with van der Waals surface area (Å²) in [6, 6.07) is 11.8. The normalized spacial score (nSPS) is 10.8. The SMILES string of the molecule is CCNC(=NCc1ccc(C)s1)NCCNC(=O)c1cccc(C)c1.I. The predicted molar refractivity (Wildman–Crippen MR) is 121 cm³/mol. The highest BCUT2D eigenvalue weighted by atomic mass is 127. The maximum Gasteiger partial charge on any atom is 0.251 e. The Morgan fingerprint density at radius 2 is 1.85 bits per heavy atom. The zero-order valence-electron chi connectivity index (χ0n) is 15.5. The van der Waals surface area contributed by atoms with Crippen LogP contribution in [0.4, 0.5) is 0 Å². The zero-order chi connectivity index (χ0) is 18.1. The van der Waals surface area contributed by atoms with E-state index in [1.807, 2.05) is 38.1 Å². The topological polar surface area (TPSA) is 65.5 Å². The van der Waals surface area contributed by atoms with Crippen LogP contribution in [0, 0.1) is 13.8 Å². The predicted octanol–water partition coefficient (Wildman–Crippen LogP) is 3.47. The molecule has 0 atom stereocenters. The molecule has 0 fully saturated rings. The van der Waals surface area contributed by atoms with Crippen molar-refractivity contribution in [1.29, 1.82) is 0 Å². The molecule has 0 unspecified atom stereocenters. The van der Waals surface area contributed by atoms with Gasteiger partial charge in [-0.05, 0) is 45.0 Å². The quantitative estimate of drug-likeness (QED) is 0.243. The molecule has 2 rings (SSSR count). The number of halogens is 1. The molecule has 5 nitrogen and oxygen atoms in total. The lowest BCUT2D eigenvalue weighted by molar-refractivity contribution is 0.0954. The molecule has 3 N–H and O–H groups in total. The summed E-state index contributed by atoms with van der Waals surface area (Å²) in [6.45, 7) is 8.72. The second kappa shape index (κ2) is 11.9. The fourth-order valence-electron chi connectivity index (χ4n) is 2.31. The van der Waals surface area contributed by atoms with E-state index in [9.17, 15) is 4.79 Å². The molecule has 0 bridgehead atoms. The van der Waals surface area contributed by atoms with Crippen molar-refractivity contribution in [2.24, 2.45) is 4.99 Å². The number of amides is 1. The number of benzene rings is 1. The van der Waals surface area contributed by atoms with Gasteiger partial charge in [-0.15, -0.1) is 35.3 Å². The van der Waals surface area contributed by atoms with Crippen molar-refractivity contribution in [3.63, 3.8) is 0 Å². The van der Waals surface area contributed by atoms with Gasteiger partial charge in [0.1, 0.15) is 0 Å². The van der Waals surface area contributed by atoms with E-state index in [0.29, 0.717) is 25.2 Å². The third kappa shape index (κ3) is 7.74. The monoisotopic (exact) mass is 486 g/mol. The summed E-state index contributed by atoms with van der Waals surface area (Å²) in [7, 11) is 0. The maximum atomic E-state index is 12.1. The summed E-state index contributed by atoms with van der Waals surface area (Å²) in [5.74, 6) is 0.708. The third-order valence-corrected chi connectivity index (χ3v) is 4.50. The number of rotatable bonds is 7. The molecule has 7 heteroatoms. The number of nitrogens with zero attached hydrogens (tertiary/aromatic N) is 1. The number of guanidine groups is 1. The van der Waals surface area contributed by atoms with E-state index in [4.69, 9.17) is 0 Å². The van der Waals surface area contributed by atoms with Crippen molar-refractivity contribution >= 4 is 47.2 Å². The Balaban J connectivity index is 0.00000338. The smallest absolute Gasteiger partial charge is 0.251 e. The van der Waals surface area contributed by atoms with Crippen molar-refractivity contribution in [2.45, 2.75) is 27.3 Å². The number of aliphatic imine (C=N–C) groups is 1. The van der Waals surface area contributed by atoms with Gasteiger partial charge in [0.2, 0.25) is 0 Å². The van der Waals surface area contributed by atoms with Crippen LogP contribution in [0.2, 0.25) is 0 Å². The van der Waals surface area contributed by atoms with Gasteiger partial charge in [-0.2, -0.15) is 0 Å². The number of carbonyl (C=O) groups excluding carboxylic acids is 1. The Labute approximate surface area is 176 Å². The number of carbonyl (C=O) groups is 1. The van der Waals surface area contributed by atoms with Gasteiger partial charge in [0.25, 0.3) is 5.91 Å². The van der Waals surface area contributed by atoms with Crippen LogP contribution in [0.5, 0.6) is 0 Å². The zero-order valence-corrected chi connectivity index (χ0v) is 18.6. The van der Waals surface area contributed by atoms with E-state index in [-0.39, 0.29) is 29.9 Å². The molecule has 26 heavy (non-hydrogen) atoms. The van der Waals surface area contributed by atoms with Gasteiger partial charge < -0.3 is 16.0 Å². The second-order valence-corrected chi connectivity index (χ2v) is 7.13. The van der Waals surface area contributed by atoms with Gasteiger partial charge in [-0.3, -0.25) is 4.79 Å². The lowest BCUT2D eigenvalue weighted by Gasteiger charge is -2.12. The second-order valence-electron chi connectivity index (χ2n) is 5.76. The molecule has 0 spiro atoms. The van der Waals surface area contributed by atoms with E-state index in [1.165, 1.54) is 9.75 Å². The Hall–Kier alpha value is -1.61. The number of hydrogen-bond donors (Lipinski definition) is 3. The Kier molecular flexibility index (Phi) is 10.3. The van der Waals surface area contributed by atoms with E-state index < -0.39 is 0 Å². The third-order valence-electron chi connectivity index (χ3n) is 3.52. The summed E-state index contributed by atoms with van der Waals surface area (Å²) in [6.07, 6.45) is 0. The molecule has 2 aromatic rings. The van der Waals surface area contributed by atoms with Gasteiger partial charge in [-0.1, -0.05) is 17.7 Å². The molecule has 0 aliphatic carbocycles. The first-order chi connectivity index (χ1) is 12.1. The van der Waals surface area contributed by atoms with Crippen molar-refractivity contribution in [2.75, 3.05) is 19.6 Å². The van der Waals surface area contributed by atoms with Gasteiger partial charge in [0.15, 0.2) is 5.96 Å². The maximum absolute atomic E-state index is 12.1. The highest BCUT2D eigenvalue weighted by Crippen LogP contribution is 2.15. The fraction of sp³-hybridized carbons (Fsp3) is 0.368. The molecule has 1 amide bonds. The van der Waals surface area contributed by atoms with Crippen molar-refractivity contribution in [3.8, 4) is 0 Å². The van der Waals surface area contributed by atoms with E-state index in [2.05, 4.69) is 40.0 Å². The van der Waals surface area contributed by atoms with Crippen LogP contribution in [-0.2, 0) is 6.54 Å². The molecule has 0 saturated carbocycles. The lowest BCUT2D eigenvalue weighted by Crippen LogP contribution is -2.41. The molecule has 0 aliphatic rings.